The summed E-state index contributed by atoms with van der Waals surface area (Å²) < 4.78 is 1.80. The van der Waals surface area contributed by atoms with Gasteiger partial charge in [0.15, 0.2) is 0 Å². The van der Waals surface area contributed by atoms with Gasteiger partial charge >= 0.3 is 0 Å². The van der Waals surface area contributed by atoms with E-state index in [0.29, 0.717) is 17.4 Å². The second kappa shape index (κ2) is 5.72. The highest BCUT2D eigenvalue weighted by atomic mass is 16.3. The van der Waals surface area contributed by atoms with E-state index in [1.54, 1.807) is 4.40 Å². The third kappa shape index (κ3) is 2.52. The monoisotopic (exact) mass is 293 g/mol. The van der Waals surface area contributed by atoms with Gasteiger partial charge in [0.2, 0.25) is 5.82 Å². The minimum atomic E-state index is 0.365. The van der Waals surface area contributed by atoms with Crippen molar-refractivity contribution in [1.82, 2.24) is 9.38 Å². The van der Waals surface area contributed by atoms with Crippen LogP contribution >= 0.6 is 0 Å². The van der Waals surface area contributed by atoms with Crippen molar-refractivity contribution in [3.05, 3.63) is 58.6 Å². The molecule has 112 valence electrons. The van der Waals surface area contributed by atoms with E-state index in [4.69, 9.17) is 0 Å². The second-order valence-electron chi connectivity index (χ2n) is 6.03. The molecule has 1 aromatic carbocycles. The average Bonchev–Trinajstić information content (AvgIpc) is 2.87. The van der Waals surface area contributed by atoms with E-state index in [1.807, 2.05) is 37.3 Å². The van der Waals surface area contributed by atoms with E-state index in [9.17, 15) is 4.91 Å². The van der Waals surface area contributed by atoms with E-state index >= 15 is 0 Å². The third-order valence-electron chi connectivity index (χ3n) is 3.77. The first kappa shape index (κ1) is 14.4. The second-order valence-corrected chi connectivity index (χ2v) is 6.03. The van der Waals surface area contributed by atoms with Gasteiger partial charge in [0.25, 0.3) is 0 Å². The summed E-state index contributed by atoms with van der Waals surface area (Å²) in [5.74, 6) is 0.987. The highest BCUT2D eigenvalue weighted by Crippen LogP contribution is 2.32. The minimum absolute atomic E-state index is 0.365. The summed E-state index contributed by atoms with van der Waals surface area (Å²) in [6.45, 7) is 6.35. The number of fused-ring (bicyclic) bond motifs is 1. The van der Waals surface area contributed by atoms with Crippen LogP contribution in [0.4, 0.5) is 5.82 Å². The number of nitrogens with zero attached hydrogens (tertiary/aromatic N) is 3. The number of rotatable bonds is 4. The molecule has 0 unspecified atom stereocenters. The maximum Gasteiger partial charge on any atom is 0.209 e. The van der Waals surface area contributed by atoms with Crippen molar-refractivity contribution in [2.24, 2.45) is 11.1 Å². The first-order valence-corrected chi connectivity index (χ1v) is 7.51. The lowest BCUT2D eigenvalue weighted by atomic mass is 10.0. The van der Waals surface area contributed by atoms with Crippen LogP contribution in [0.5, 0.6) is 0 Å². The molecule has 0 aliphatic rings. The predicted molar refractivity (Wildman–Crippen MR) is 89.4 cm³/mol. The van der Waals surface area contributed by atoms with Crippen molar-refractivity contribution in [2.45, 2.75) is 27.2 Å². The smallest absolute Gasteiger partial charge is 0.209 e. The Kier molecular flexibility index (Phi) is 3.75. The van der Waals surface area contributed by atoms with Crippen molar-refractivity contribution in [1.29, 1.82) is 0 Å². The Balaban J connectivity index is 2.10. The summed E-state index contributed by atoms with van der Waals surface area (Å²) in [6, 6.07) is 14.0. The Hall–Kier alpha value is -2.49. The van der Waals surface area contributed by atoms with Gasteiger partial charge in [-0.05, 0) is 42.1 Å². The van der Waals surface area contributed by atoms with Gasteiger partial charge in [0.05, 0.1) is 0 Å². The van der Waals surface area contributed by atoms with E-state index in [0.717, 1.165) is 23.3 Å². The van der Waals surface area contributed by atoms with E-state index in [2.05, 4.69) is 36.1 Å². The Labute approximate surface area is 129 Å². The molecule has 0 radical (unpaired) electrons. The third-order valence-corrected chi connectivity index (χ3v) is 3.77. The number of hydrogen-bond acceptors (Lipinski definition) is 3. The highest BCUT2D eigenvalue weighted by molar-refractivity contribution is 5.75. The molecule has 0 aliphatic heterocycles. The van der Waals surface area contributed by atoms with Crippen LogP contribution in [0.25, 0.3) is 16.9 Å². The van der Waals surface area contributed by atoms with E-state index < -0.39 is 0 Å². The van der Waals surface area contributed by atoms with Crippen LogP contribution in [0.3, 0.4) is 0 Å². The SMILES string of the molecule is Cc1cccc2nc(-c3ccc(CC(C)C)cc3)c(N=O)n12. The average molecular weight is 293 g/mol. The highest BCUT2D eigenvalue weighted by Gasteiger charge is 2.15. The lowest BCUT2D eigenvalue weighted by molar-refractivity contribution is 0.647. The number of pyridine rings is 1. The molecule has 3 rings (SSSR count). The van der Waals surface area contributed by atoms with Crippen LogP contribution in [0.2, 0.25) is 0 Å². The maximum absolute atomic E-state index is 11.3. The van der Waals surface area contributed by atoms with Gasteiger partial charge in [-0.15, -0.1) is 4.91 Å². The summed E-state index contributed by atoms with van der Waals surface area (Å²) in [5.41, 5.74) is 4.54. The molecule has 0 aliphatic carbocycles. The Bertz CT molecular complexity index is 816. The Morgan fingerprint density at radius 3 is 2.50 bits per heavy atom. The van der Waals surface area contributed by atoms with Crippen molar-refractivity contribution in [3.63, 3.8) is 0 Å². The lowest BCUT2D eigenvalue weighted by Gasteiger charge is -2.05. The van der Waals surface area contributed by atoms with Crippen LogP contribution in [-0.4, -0.2) is 9.38 Å². The number of hydrogen-bond donors (Lipinski definition) is 0. The molecule has 0 bridgehead atoms. The lowest BCUT2D eigenvalue weighted by Crippen LogP contribution is -1.93. The van der Waals surface area contributed by atoms with E-state index in [1.165, 1.54) is 5.56 Å². The zero-order valence-electron chi connectivity index (χ0n) is 13.1. The molecule has 0 atom stereocenters. The standard InChI is InChI=1S/C18H19N3O/c1-12(2)11-14-7-9-15(10-8-14)17-18(20-22)21-13(3)5-4-6-16(21)19-17/h4-10,12H,11H2,1-3H3. The van der Waals surface area contributed by atoms with Gasteiger partial charge in [0, 0.05) is 11.3 Å². The molecule has 4 nitrogen and oxygen atoms in total. The van der Waals surface area contributed by atoms with Crippen molar-refractivity contribution >= 4 is 11.5 Å². The fourth-order valence-electron chi connectivity index (χ4n) is 2.78. The van der Waals surface area contributed by atoms with Crippen LogP contribution in [-0.2, 0) is 6.42 Å². The van der Waals surface area contributed by atoms with Crippen LogP contribution in [0.1, 0.15) is 25.1 Å². The predicted octanol–water partition coefficient (Wildman–Crippen LogP) is 4.91. The normalized spacial score (nSPS) is 11.3. The van der Waals surface area contributed by atoms with Gasteiger partial charge in [-0.25, -0.2) is 4.98 Å². The molecule has 3 aromatic rings. The zero-order valence-corrected chi connectivity index (χ0v) is 13.1. The fourth-order valence-corrected chi connectivity index (χ4v) is 2.78. The molecule has 0 fully saturated rings. The molecule has 0 spiro atoms. The fraction of sp³-hybridized carbons (Fsp3) is 0.278. The first-order chi connectivity index (χ1) is 10.6. The number of nitroso groups, excluding NO2 is 1. The molecule has 2 aromatic heterocycles. The number of benzene rings is 1. The molecule has 4 heteroatoms. The molecule has 22 heavy (non-hydrogen) atoms. The van der Waals surface area contributed by atoms with Gasteiger partial charge in [-0.3, -0.25) is 4.40 Å². The van der Waals surface area contributed by atoms with Gasteiger partial charge in [-0.2, -0.15) is 0 Å². The zero-order chi connectivity index (χ0) is 15.7. The number of imidazole rings is 1. The molecule has 0 saturated carbocycles. The van der Waals surface area contributed by atoms with Crippen molar-refractivity contribution in [2.75, 3.05) is 0 Å². The first-order valence-electron chi connectivity index (χ1n) is 7.51. The number of aryl methyl sites for hydroxylation is 1. The summed E-state index contributed by atoms with van der Waals surface area (Å²) in [6.07, 6.45) is 1.04. The minimum Gasteiger partial charge on any atom is -0.278 e. The molecule has 0 amide bonds. The molecular weight excluding hydrogens is 274 g/mol. The molecule has 2 heterocycles. The van der Waals surface area contributed by atoms with Gasteiger partial charge in [0.1, 0.15) is 11.3 Å². The Morgan fingerprint density at radius 1 is 1.14 bits per heavy atom. The largest absolute Gasteiger partial charge is 0.278 e. The van der Waals surface area contributed by atoms with Crippen LogP contribution in [0, 0.1) is 17.7 Å². The van der Waals surface area contributed by atoms with Crippen molar-refractivity contribution < 1.29 is 0 Å². The van der Waals surface area contributed by atoms with Crippen LogP contribution < -0.4 is 0 Å². The van der Waals surface area contributed by atoms with Crippen LogP contribution in [0.15, 0.2) is 47.6 Å². The summed E-state index contributed by atoms with van der Waals surface area (Å²) in [7, 11) is 0. The molecular formula is C18H19N3O. The van der Waals surface area contributed by atoms with E-state index in [-0.39, 0.29) is 0 Å². The van der Waals surface area contributed by atoms with Crippen molar-refractivity contribution in [3.8, 4) is 11.3 Å². The summed E-state index contributed by atoms with van der Waals surface area (Å²) in [4.78, 5) is 15.9. The molecule has 0 saturated heterocycles. The Morgan fingerprint density at radius 2 is 1.86 bits per heavy atom. The number of aromatic nitrogens is 2. The summed E-state index contributed by atoms with van der Waals surface area (Å²) in [5, 5.41) is 3.22. The van der Waals surface area contributed by atoms with Gasteiger partial charge < -0.3 is 0 Å². The summed E-state index contributed by atoms with van der Waals surface area (Å²) >= 11 is 0. The van der Waals surface area contributed by atoms with Gasteiger partial charge in [-0.1, -0.05) is 44.2 Å². The topological polar surface area (TPSA) is 46.7 Å². The molecule has 0 N–H and O–H groups in total. The maximum atomic E-state index is 11.3. The quantitative estimate of drug-likeness (QED) is 0.642.